The topological polar surface area (TPSA) is 71.6 Å². The first-order chi connectivity index (χ1) is 17.0. The van der Waals surface area contributed by atoms with Gasteiger partial charge in [-0.15, -0.1) is 0 Å². The Kier molecular flexibility index (Phi) is 7.23. The molecular formula is C24H19Cl2F3N2O4S. The van der Waals surface area contributed by atoms with Crippen LogP contribution in [-0.2, 0) is 19.3 Å². The first-order valence-corrected chi connectivity index (χ1v) is 12.0. The van der Waals surface area contributed by atoms with Crippen LogP contribution in [0.5, 0.6) is 11.5 Å². The third-order valence-electron chi connectivity index (χ3n) is 5.74. The molecule has 12 heteroatoms. The number of rotatable bonds is 5. The second-order valence-corrected chi connectivity index (χ2v) is 9.78. The van der Waals surface area contributed by atoms with E-state index in [9.17, 15) is 22.8 Å². The highest BCUT2D eigenvalue weighted by Gasteiger charge is 2.38. The van der Waals surface area contributed by atoms with Gasteiger partial charge >= 0.3 is 6.18 Å². The van der Waals surface area contributed by atoms with Crippen LogP contribution in [0, 0.1) is 6.92 Å². The second-order valence-electron chi connectivity index (χ2n) is 7.95. The van der Waals surface area contributed by atoms with E-state index in [1.807, 2.05) is 4.98 Å². The van der Waals surface area contributed by atoms with Crippen molar-refractivity contribution >= 4 is 40.9 Å². The van der Waals surface area contributed by atoms with Crippen LogP contribution < -0.4 is 15.0 Å². The van der Waals surface area contributed by atoms with Crippen LogP contribution >= 0.6 is 35.0 Å². The third-order valence-corrected chi connectivity index (χ3v) is 7.96. The summed E-state index contributed by atoms with van der Waals surface area (Å²) in [7, 11) is 2.96. The molecule has 0 unspecified atom stereocenters. The quantitative estimate of drug-likeness (QED) is 0.396. The molecule has 0 fully saturated rings. The number of ether oxygens (including phenoxy) is 2. The van der Waals surface area contributed by atoms with Gasteiger partial charge < -0.3 is 19.4 Å². The number of methoxy groups -OCH3 is 2. The maximum absolute atomic E-state index is 13.7. The molecular weight excluding hydrogens is 540 g/mol. The molecule has 1 aromatic heterocycles. The number of fused-ring (bicyclic) bond motifs is 1. The lowest BCUT2D eigenvalue weighted by molar-refractivity contribution is -0.142. The summed E-state index contributed by atoms with van der Waals surface area (Å²) in [5, 5.41) is 0.346. The molecule has 1 N–H and O–H groups in total. The average Bonchev–Trinajstić information content (AvgIpc) is 3.24. The van der Waals surface area contributed by atoms with Crippen molar-refractivity contribution in [1.82, 2.24) is 9.88 Å². The summed E-state index contributed by atoms with van der Waals surface area (Å²) >= 11 is 13.2. The van der Waals surface area contributed by atoms with E-state index in [1.54, 1.807) is 18.2 Å². The maximum Gasteiger partial charge on any atom is 0.431 e. The van der Waals surface area contributed by atoms with Gasteiger partial charge in [0.15, 0.2) is 11.5 Å². The molecule has 1 amide bonds. The molecule has 1 aliphatic heterocycles. The zero-order valence-electron chi connectivity index (χ0n) is 19.2. The first-order valence-electron chi connectivity index (χ1n) is 10.4. The van der Waals surface area contributed by atoms with Gasteiger partial charge in [-0.25, -0.2) is 0 Å². The summed E-state index contributed by atoms with van der Waals surface area (Å²) in [4.78, 5) is 29.9. The Morgan fingerprint density at radius 2 is 1.56 bits per heavy atom. The van der Waals surface area contributed by atoms with Crippen LogP contribution in [0.3, 0.4) is 0 Å². The summed E-state index contributed by atoms with van der Waals surface area (Å²) in [5.74, 6) is 0.213. The lowest BCUT2D eigenvalue weighted by Gasteiger charge is -2.21. The number of H-pyrrole nitrogens is 1. The molecule has 190 valence electrons. The van der Waals surface area contributed by atoms with Crippen LogP contribution in [0.1, 0.15) is 32.7 Å². The standard InChI is InChI=1S/C24H19Cl2F3N2O4S/c1-11-19(36-20-14(25)5-4-6-15(20)26)18(22(32)30-21(11)24(27,28)29)23(33)31-9-12-7-16(34-2)17(35-3)8-13(12)10-31/h4-8H,9-10H2,1-3H3,(H,30,32). The van der Waals surface area contributed by atoms with E-state index in [-0.39, 0.29) is 38.5 Å². The first kappa shape index (κ1) is 26.2. The van der Waals surface area contributed by atoms with Crippen molar-refractivity contribution in [2.24, 2.45) is 0 Å². The lowest BCUT2D eigenvalue weighted by Crippen LogP contribution is -2.33. The number of halogens is 5. The fourth-order valence-electron chi connectivity index (χ4n) is 3.99. The molecule has 0 spiro atoms. The Morgan fingerprint density at radius 1 is 1.03 bits per heavy atom. The Morgan fingerprint density at radius 3 is 2.03 bits per heavy atom. The SMILES string of the molecule is COc1cc2c(cc1OC)CN(C(=O)c1c(Sc3c(Cl)cccc3Cl)c(C)c(C(F)(F)F)[nH]c1=O)C2. The molecule has 0 aliphatic carbocycles. The Labute approximate surface area is 218 Å². The number of pyridine rings is 1. The summed E-state index contributed by atoms with van der Waals surface area (Å²) in [5.41, 5.74) is -1.60. The van der Waals surface area contributed by atoms with Gasteiger partial charge in [-0.05, 0) is 47.9 Å². The van der Waals surface area contributed by atoms with Gasteiger partial charge in [0.2, 0.25) is 0 Å². The monoisotopic (exact) mass is 558 g/mol. The summed E-state index contributed by atoms with van der Waals surface area (Å²) in [6, 6.07) is 8.06. The number of aromatic nitrogens is 1. The Bertz CT molecular complexity index is 1370. The summed E-state index contributed by atoms with van der Waals surface area (Å²) in [6.07, 6.45) is -4.85. The maximum atomic E-state index is 13.7. The number of hydrogen-bond acceptors (Lipinski definition) is 5. The number of carbonyl (C=O) groups is 1. The van der Waals surface area contributed by atoms with E-state index < -0.39 is 28.9 Å². The summed E-state index contributed by atoms with van der Waals surface area (Å²) in [6.45, 7) is 1.45. The van der Waals surface area contributed by atoms with E-state index in [2.05, 4.69) is 0 Å². The molecule has 36 heavy (non-hydrogen) atoms. The molecule has 6 nitrogen and oxygen atoms in total. The zero-order chi connectivity index (χ0) is 26.4. The van der Waals surface area contributed by atoms with Crippen molar-refractivity contribution in [1.29, 1.82) is 0 Å². The molecule has 2 heterocycles. The zero-order valence-corrected chi connectivity index (χ0v) is 21.5. The highest BCUT2D eigenvalue weighted by molar-refractivity contribution is 7.99. The summed E-state index contributed by atoms with van der Waals surface area (Å²) < 4.78 is 51.8. The van der Waals surface area contributed by atoms with Crippen molar-refractivity contribution in [3.63, 3.8) is 0 Å². The molecule has 1 aliphatic rings. The predicted molar refractivity (Wildman–Crippen MR) is 131 cm³/mol. The molecule has 0 atom stereocenters. The van der Waals surface area contributed by atoms with Crippen molar-refractivity contribution in [3.05, 3.63) is 78.7 Å². The largest absolute Gasteiger partial charge is 0.493 e. The molecule has 3 aromatic rings. The van der Waals surface area contributed by atoms with Crippen LogP contribution in [0.2, 0.25) is 10.0 Å². The number of hydrogen-bond donors (Lipinski definition) is 1. The minimum atomic E-state index is -4.85. The molecule has 4 rings (SSSR count). The van der Waals surface area contributed by atoms with Gasteiger partial charge in [-0.3, -0.25) is 9.59 Å². The number of nitrogens with one attached hydrogen (secondary N) is 1. The van der Waals surface area contributed by atoms with E-state index in [4.69, 9.17) is 32.7 Å². The van der Waals surface area contributed by atoms with Gasteiger partial charge in [0.25, 0.3) is 11.5 Å². The molecule has 0 radical (unpaired) electrons. The van der Waals surface area contributed by atoms with Gasteiger partial charge in [-0.1, -0.05) is 41.0 Å². The highest BCUT2D eigenvalue weighted by Crippen LogP contribution is 2.44. The molecule has 2 aromatic carbocycles. The molecule has 0 bridgehead atoms. The normalized spacial score (nSPS) is 13.1. The Balaban J connectivity index is 1.82. The van der Waals surface area contributed by atoms with Crippen LogP contribution in [0.15, 0.2) is 44.9 Å². The van der Waals surface area contributed by atoms with E-state index in [1.165, 1.54) is 38.2 Å². The fourth-order valence-corrected chi connectivity index (χ4v) is 5.69. The minimum Gasteiger partial charge on any atom is -0.493 e. The van der Waals surface area contributed by atoms with Gasteiger partial charge in [-0.2, -0.15) is 13.2 Å². The lowest BCUT2D eigenvalue weighted by atomic mass is 10.1. The minimum absolute atomic E-state index is 0.130. The van der Waals surface area contributed by atoms with Crippen LogP contribution in [0.4, 0.5) is 13.2 Å². The predicted octanol–water partition coefficient (Wildman–Crippen LogP) is 6.33. The average molecular weight is 559 g/mol. The number of amides is 1. The van der Waals surface area contributed by atoms with Crippen molar-refractivity contribution in [2.45, 2.75) is 36.0 Å². The van der Waals surface area contributed by atoms with Gasteiger partial charge in [0, 0.05) is 22.9 Å². The van der Waals surface area contributed by atoms with Gasteiger partial charge in [0.05, 0.1) is 24.3 Å². The van der Waals surface area contributed by atoms with Gasteiger partial charge in [0.1, 0.15) is 11.3 Å². The smallest absolute Gasteiger partial charge is 0.431 e. The van der Waals surface area contributed by atoms with Crippen molar-refractivity contribution in [3.8, 4) is 11.5 Å². The number of carbonyl (C=O) groups excluding carboxylic acids is 1. The Hall–Kier alpha value is -2.82. The molecule has 0 saturated heterocycles. The number of nitrogens with zero attached hydrogens (tertiary/aromatic N) is 1. The van der Waals surface area contributed by atoms with E-state index >= 15 is 0 Å². The third kappa shape index (κ3) is 4.77. The van der Waals surface area contributed by atoms with Crippen molar-refractivity contribution in [2.75, 3.05) is 14.2 Å². The highest BCUT2D eigenvalue weighted by atomic mass is 35.5. The fraction of sp³-hybridized carbons (Fsp3) is 0.250. The second kappa shape index (κ2) is 9.91. The van der Waals surface area contributed by atoms with E-state index in [0.717, 1.165) is 22.9 Å². The van der Waals surface area contributed by atoms with Crippen LogP contribution in [-0.4, -0.2) is 30.0 Å². The number of alkyl halides is 3. The van der Waals surface area contributed by atoms with Crippen molar-refractivity contribution < 1.29 is 27.4 Å². The van der Waals surface area contributed by atoms with Crippen LogP contribution in [0.25, 0.3) is 0 Å². The number of benzene rings is 2. The number of aromatic amines is 1. The van der Waals surface area contributed by atoms with E-state index in [0.29, 0.717) is 11.5 Å². The molecule has 0 saturated carbocycles.